The molecule has 47 heavy (non-hydrogen) atoms. The summed E-state index contributed by atoms with van der Waals surface area (Å²) in [5.74, 6) is -1.56. The van der Waals surface area contributed by atoms with Crippen LogP contribution in [0.2, 0.25) is 0 Å². The first-order valence-electron chi connectivity index (χ1n) is 14.6. The summed E-state index contributed by atoms with van der Waals surface area (Å²) in [7, 11) is -7.60. The molecule has 2 aromatic rings. The Labute approximate surface area is 272 Å². The van der Waals surface area contributed by atoms with Crippen LogP contribution in [-0.4, -0.2) is 64.8 Å². The average molecular weight is 708 g/mol. The highest BCUT2D eigenvalue weighted by molar-refractivity contribution is 7.52. The second kappa shape index (κ2) is 18.3. The Hall–Kier alpha value is -3.30. The maximum Gasteiger partial charge on any atom is 0.613 e. The molecule has 0 aliphatic heterocycles. The van der Waals surface area contributed by atoms with Crippen LogP contribution in [0.5, 0.6) is 5.75 Å². The van der Waals surface area contributed by atoms with E-state index in [-0.39, 0.29) is 11.3 Å². The molecular weight excluding hydrogens is 665 g/mol. The van der Waals surface area contributed by atoms with Crippen molar-refractivity contribution in [1.29, 1.82) is 0 Å². The molecule has 1 aromatic heterocycles. The van der Waals surface area contributed by atoms with Crippen molar-refractivity contribution < 1.29 is 50.9 Å². The molecule has 1 heterocycles. The van der Waals surface area contributed by atoms with E-state index in [1.807, 2.05) is 0 Å². The SMILES string of the molecule is Cc1cn([C@H](C)O[C@@H](CO[P+](=O)N[C@@H](C)C(=O)OC(C)C)[C@@H](F)OP(=O)(N[C@@H](C)C(=O)OC(C)C)Oc2ccccc2)c(=O)[nH]c1=O. The molecule has 0 fully saturated rings. The molecule has 19 heteroatoms. The normalized spacial score (nSPS) is 16.4. The largest absolute Gasteiger partial charge is 0.613 e. The number of nitrogens with one attached hydrogen (secondary N) is 3. The van der Waals surface area contributed by atoms with Crippen LogP contribution in [0, 0.1) is 6.92 Å². The van der Waals surface area contributed by atoms with Gasteiger partial charge >= 0.3 is 33.6 Å². The van der Waals surface area contributed by atoms with Crippen molar-refractivity contribution in [2.75, 3.05) is 6.61 Å². The van der Waals surface area contributed by atoms with Gasteiger partial charge in [0.05, 0.1) is 12.2 Å². The summed E-state index contributed by atoms with van der Waals surface area (Å²) in [5.41, 5.74) is -1.39. The number of aromatic amines is 1. The summed E-state index contributed by atoms with van der Waals surface area (Å²) in [6.07, 6.45) is -5.62. The number of aromatic nitrogens is 2. The van der Waals surface area contributed by atoms with Gasteiger partial charge in [-0.25, -0.2) is 18.3 Å². The van der Waals surface area contributed by atoms with E-state index < -0.39 is 88.7 Å². The van der Waals surface area contributed by atoms with Crippen LogP contribution in [0.3, 0.4) is 0 Å². The number of nitrogens with zero attached hydrogens (tertiary/aromatic N) is 1. The molecule has 0 amide bonds. The number of hydrogen-bond acceptors (Lipinski definition) is 12. The van der Waals surface area contributed by atoms with Gasteiger partial charge in [-0.2, -0.15) is 5.09 Å². The van der Waals surface area contributed by atoms with Crippen molar-refractivity contribution in [1.82, 2.24) is 19.7 Å². The summed E-state index contributed by atoms with van der Waals surface area (Å²) in [4.78, 5) is 51.0. The summed E-state index contributed by atoms with van der Waals surface area (Å²) >= 11 is 0. The third kappa shape index (κ3) is 13.4. The number of hydrogen-bond donors (Lipinski definition) is 3. The van der Waals surface area contributed by atoms with E-state index in [1.165, 1.54) is 46.0 Å². The predicted octanol–water partition coefficient (Wildman–Crippen LogP) is 3.78. The predicted molar refractivity (Wildman–Crippen MR) is 168 cm³/mol. The maximum atomic E-state index is 16.1. The number of H-pyrrole nitrogens is 1. The molecule has 262 valence electrons. The van der Waals surface area contributed by atoms with Crippen LogP contribution in [0.15, 0.2) is 46.1 Å². The summed E-state index contributed by atoms with van der Waals surface area (Å²) in [6.45, 7) is 11.1. The molecule has 16 nitrogen and oxygen atoms in total. The number of ether oxygens (including phenoxy) is 3. The number of carbonyl (C=O) groups is 2. The smallest absolute Gasteiger partial charge is 0.462 e. The van der Waals surface area contributed by atoms with E-state index in [9.17, 15) is 28.3 Å². The standard InChI is InChI=1S/C28H41FN4O12P2/c1-16(2)41-26(35)19(6)31-46(38)40-15-23(43-21(8)33-14-18(5)25(34)30-28(33)37)24(29)45-47(39,44-22-12-10-9-11-13-22)32-20(7)27(36)42-17(3)4/h9-14,16-17,19-21,23-24H,15H2,1-8H3,(H2-,30,31,32,34,37,38,39)/p+1/t19-,20-,21-,23-,24-,47?/m0/s1. The van der Waals surface area contributed by atoms with Gasteiger partial charge in [-0.05, 0) is 72.1 Å². The number of aryl methyl sites for hydroxylation is 1. The third-order valence-corrected chi connectivity index (χ3v) is 8.44. The lowest BCUT2D eigenvalue weighted by molar-refractivity contribution is -0.150. The zero-order chi connectivity index (χ0) is 35.5. The molecule has 0 aliphatic rings. The van der Waals surface area contributed by atoms with E-state index in [0.29, 0.717) is 0 Å². The molecule has 2 rings (SSSR count). The van der Waals surface area contributed by atoms with Gasteiger partial charge in [0, 0.05) is 11.8 Å². The molecule has 3 N–H and O–H groups in total. The second-order valence-corrected chi connectivity index (χ2v) is 13.5. The topological polar surface area (TPSA) is 203 Å². The Bertz CT molecular complexity index is 1520. The van der Waals surface area contributed by atoms with Gasteiger partial charge in [0.2, 0.25) is 6.36 Å². The van der Waals surface area contributed by atoms with Crippen molar-refractivity contribution in [3.8, 4) is 5.75 Å². The Morgan fingerprint density at radius 2 is 1.55 bits per heavy atom. The van der Waals surface area contributed by atoms with Gasteiger partial charge in [-0.15, -0.1) is 4.52 Å². The zero-order valence-electron chi connectivity index (χ0n) is 27.3. The molecule has 7 atom stereocenters. The number of alkyl halides is 1. The Morgan fingerprint density at radius 1 is 0.979 bits per heavy atom. The van der Waals surface area contributed by atoms with Crippen molar-refractivity contribution in [2.24, 2.45) is 0 Å². The van der Waals surface area contributed by atoms with Crippen molar-refractivity contribution >= 4 is 27.9 Å². The van der Waals surface area contributed by atoms with Crippen LogP contribution in [0.4, 0.5) is 4.39 Å². The zero-order valence-corrected chi connectivity index (χ0v) is 29.1. The first-order chi connectivity index (χ1) is 21.9. The van der Waals surface area contributed by atoms with Gasteiger partial charge < -0.3 is 18.7 Å². The minimum absolute atomic E-state index is 0.00753. The molecule has 2 unspecified atom stereocenters. The number of para-hydroxylation sites is 1. The minimum Gasteiger partial charge on any atom is -0.462 e. The van der Waals surface area contributed by atoms with Crippen molar-refractivity contribution in [2.45, 2.75) is 98.4 Å². The fraction of sp³-hybridized carbons (Fsp3) is 0.571. The van der Waals surface area contributed by atoms with E-state index in [0.717, 1.165) is 4.57 Å². The van der Waals surface area contributed by atoms with Crippen molar-refractivity contribution in [3.63, 3.8) is 0 Å². The fourth-order valence-electron chi connectivity index (χ4n) is 3.60. The number of halogens is 1. The quantitative estimate of drug-likeness (QED) is 0.141. The van der Waals surface area contributed by atoms with E-state index in [1.54, 1.807) is 45.9 Å². The third-order valence-electron chi connectivity index (χ3n) is 5.83. The van der Waals surface area contributed by atoms with Crippen molar-refractivity contribution in [3.05, 3.63) is 62.9 Å². The van der Waals surface area contributed by atoms with Crippen LogP contribution in [-0.2, 0) is 42.0 Å². The second-order valence-electron chi connectivity index (χ2n) is 10.8. The highest BCUT2D eigenvalue weighted by Crippen LogP contribution is 2.47. The Kier molecular flexibility index (Phi) is 15.5. The summed E-state index contributed by atoms with van der Waals surface area (Å²) in [5, 5.41) is 4.72. The summed E-state index contributed by atoms with van der Waals surface area (Å²) < 4.78 is 75.4. The highest BCUT2D eigenvalue weighted by atomic mass is 31.2. The number of rotatable bonds is 19. The van der Waals surface area contributed by atoms with Crippen LogP contribution < -0.4 is 25.9 Å². The van der Waals surface area contributed by atoms with E-state index in [2.05, 4.69) is 15.2 Å². The lowest BCUT2D eigenvalue weighted by atomic mass is 10.3. The molecule has 0 saturated carbocycles. The molecule has 0 bridgehead atoms. The fourth-order valence-corrected chi connectivity index (χ4v) is 5.91. The Morgan fingerprint density at radius 3 is 2.13 bits per heavy atom. The molecular formula is C28H42FN4O12P2+. The van der Waals surface area contributed by atoms with E-state index in [4.69, 9.17) is 27.8 Å². The van der Waals surface area contributed by atoms with Gasteiger partial charge in [0.1, 0.15) is 36.8 Å². The van der Waals surface area contributed by atoms with Crippen LogP contribution >= 0.6 is 15.9 Å². The molecule has 0 aliphatic carbocycles. The minimum atomic E-state index is -4.77. The number of esters is 2. The van der Waals surface area contributed by atoms with Gasteiger partial charge in [0.15, 0.2) is 0 Å². The van der Waals surface area contributed by atoms with Gasteiger partial charge in [0.25, 0.3) is 5.56 Å². The molecule has 0 spiro atoms. The first-order valence-corrected chi connectivity index (χ1v) is 17.3. The van der Waals surface area contributed by atoms with Crippen LogP contribution in [0.25, 0.3) is 0 Å². The lowest BCUT2D eigenvalue weighted by Gasteiger charge is -2.28. The van der Waals surface area contributed by atoms with E-state index >= 15 is 4.39 Å². The number of benzene rings is 1. The summed E-state index contributed by atoms with van der Waals surface area (Å²) in [6, 6.07) is 5.19. The lowest BCUT2D eigenvalue weighted by Crippen LogP contribution is -2.41. The molecule has 0 saturated heterocycles. The van der Waals surface area contributed by atoms with Crippen LogP contribution in [0.1, 0.15) is 60.3 Å². The molecule has 1 aromatic carbocycles. The maximum absolute atomic E-state index is 16.1. The highest BCUT2D eigenvalue weighted by Gasteiger charge is 2.41. The first kappa shape index (κ1) is 39.9. The number of carbonyl (C=O) groups excluding carboxylic acids is 2. The average Bonchev–Trinajstić information content (AvgIpc) is 2.96. The Balaban J connectivity index is 2.37. The van der Waals surface area contributed by atoms with Gasteiger partial charge in [-0.3, -0.25) is 23.9 Å². The monoisotopic (exact) mass is 707 g/mol. The molecule has 0 radical (unpaired) electrons. The van der Waals surface area contributed by atoms with Gasteiger partial charge in [-0.1, -0.05) is 23.3 Å².